The first-order valence-corrected chi connectivity index (χ1v) is 8.73. The smallest absolute Gasteiger partial charge is 0.276 e. The number of rotatable bonds is 2. The molecule has 0 aromatic carbocycles. The third kappa shape index (κ3) is 2.57. The maximum atomic E-state index is 13.2. The molecule has 3 N–H and O–H groups in total. The van der Waals surface area contributed by atoms with Crippen molar-refractivity contribution in [2.24, 2.45) is 0 Å². The van der Waals surface area contributed by atoms with E-state index in [1.54, 1.807) is 16.7 Å². The lowest BCUT2D eigenvalue weighted by molar-refractivity contribution is 0.0531. The second-order valence-electron chi connectivity index (χ2n) is 7.12. The highest BCUT2D eigenvalue weighted by molar-refractivity contribution is 5.97. The van der Waals surface area contributed by atoms with Crippen LogP contribution in [-0.4, -0.2) is 31.7 Å². The van der Waals surface area contributed by atoms with Crippen molar-refractivity contribution < 1.29 is 9.90 Å². The first kappa shape index (κ1) is 16.7. The Kier molecular flexibility index (Phi) is 3.80. The number of hydrogen-bond donors (Lipinski definition) is 3. The van der Waals surface area contributed by atoms with E-state index in [2.05, 4.69) is 20.6 Å². The van der Waals surface area contributed by atoms with Crippen LogP contribution in [0.25, 0.3) is 0 Å². The number of nitrogens with zero attached hydrogens (tertiary/aromatic N) is 3. The number of anilines is 2. The maximum Gasteiger partial charge on any atom is 0.276 e. The normalized spacial score (nSPS) is 24.4. The Bertz CT molecular complexity index is 944. The summed E-state index contributed by atoms with van der Waals surface area (Å²) in [6.45, 7) is 3.66. The van der Waals surface area contributed by atoms with Crippen molar-refractivity contribution in [2.45, 2.75) is 51.3 Å². The van der Waals surface area contributed by atoms with Gasteiger partial charge in [-0.3, -0.25) is 14.2 Å². The van der Waals surface area contributed by atoms with Crippen LogP contribution >= 0.6 is 0 Å². The van der Waals surface area contributed by atoms with Crippen molar-refractivity contribution in [1.29, 1.82) is 0 Å². The van der Waals surface area contributed by atoms with Gasteiger partial charge < -0.3 is 15.7 Å². The number of aromatic nitrogens is 3. The van der Waals surface area contributed by atoms with E-state index in [-0.39, 0.29) is 17.6 Å². The molecule has 26 heavy (non-hydrogen) atoms. The van der Waals surface area contributed by atoms with E-state index < -0.39 is 5.66 Å². The lowest BCUT2D eigenvalue weighted by Crippen LogP contribution is -2.50. The first-order valence-electron chi connectivity index (χ1n) is 8.73. The Labute approximate surface area is 150 Å². The van der Waals surface area contributed by atoms with Crippen LogP contribution in [0.3, 0.4) is 0 Å². The third-order valence-electron chi connectivity index (χ3n) is 5.23. The van der Waals surface area contributed by atoms with Crippen LogP contribution in [0.2, 0.25) is 0 Å². The largest absolute Gasteiger partial charge is 0.393 e. The molecule has 1 spiro atoms. The summed E-state index contributed by atoms with van der Waals surface area (Å²) in [4.78, 5) is 33.9. The van der Waals surface area contributed by atoms with Gasteiger partial charge in [-0.15, -0.1) is 0 Å². The van der Waals surface area contributed by atoms with Crippen LogP contribution in [0, 0.1) is 13.8 Å². The fraction of sp³-hybridized carbons (Fsp3) is 0.444. The number of nitrogens with one attached hydrogen (secondary N) is 2. The van der Waals surface area contributed by atoms with Gasteiger partial charge in [-0.1, -0.05) is 0 Å². The van der Waals surface area contributed by atoms with Gasteiger partial charge in [0.25, 0.3) is 11.5 Å². The number of amides is 1. The molecule has 1 aliphatic heterocycles. The van der Waals surface area contributed by atoms with Crippen LogP contribution in [0.4, 0.5) is 11.5 Å². The fourth-order valence-electron chi connectivity index (χ4n) is 3.94. The molecule has 0 bridgehead atoms. The molecule has 1 aliphatic carbocycles. The molecule has 0 atom stereocenters. The summed E-state index contributed by atoms with van der Waals surface area (Å²) in [5.41, 5.74) is 1.25. The molecule has 3 heterocycles. The van der Waals surface area contributed by atoms with E-state index in [1.807, 2.05) is 13.8 Å². The Morgan fingerprint density at radius 1 is 1.23 bits per heavy atom. The fourth-order valence-corrected chi connectivity index (χ4v) is 3.94. The molecule has 1 fully saturated rings. The molecule has 0 unspecified atom stereocenters. The number of aryl methyl sites for hydroxylation is 2. The van der Waals surface area contributed by atoms with E-state index in [0.717, 1.165) is 11.3 Å². The minimum atomic E-state index is -0.757. The van der Waals surface area contributed by atoms with Gasteiger partial charge in [0.15, 0.2) is 0 Å². The van der Waals surface area contributed by atoms with Crippen LogP contribution < -0.4 is 16.2 Å². The second kappa shape index (κ2) is 5.91. The summed E-state index contributed by atoms with van der Waals surface area (Å²) in [7, 11) is 0. The van der Waals surface area contributed by atoms with Gasteiger partial charge in [0.1, 0.15) is 29.2 Å². The van der Waals surface area contributed by atoms with Gasteiger partial charge in [0.2, 0.25) is 0 Å². The summed E-state index contributed by atoms with van der Waals surface area (Å²) in [6.07, 6.45) is 3.21. The van der Waals surface area contributed by atoms with Crippen molar-refractivity contribution in [1.82, 2.24) is 19.9 Å². The molecular weight excluding hydrogens is 334 g/mol. The Balaban J connectivity index is 1.82. The predicted molar refractivity (Wildman–Crippen MR) is 95.4 cm³/mol. The minimum absolute atomic E-state index is 0.236. The summed E-state index contributed by atoms with van der Waals surface area (Å²) >= 11 is 0. The Morgan fingerprint density at radius 3 is 2.65 bits per heavy atom. The van der Waals surface area contributed by atoms with E-state index in [0.29, 0.717) is 42.9 Å². The molecule has 4 rings (SSSR count). The highest BCUT2D eigenvalue weighted by Gasteiger charge is 2.46. The summed E-state index contributed by atoms with van der Waals surface area (Å²) in [6, 6.07) is 3.44. The number of aliphatic hydroxyl groups is 1. The first-order chi connectivity index (χ1) is 12.4. The molecule has 8 heteroatoms. The molecular formula is C18H21N5O3. The summed E-state index contributed by atoms with van der Waals surface area (Å²) in [5, 5.41) is 15.9. The topological polar surface area (TPSA) is 109 Å². The number of carbonyl (C=O) groups excluding carboxylic acids is 1. The van der Waals surface area contributed by atoms with Gasteiger partial charge in [-0.05, 0) is 51.2 Å². The van der Waals surface area contributed by atoms with Crippen LogP contribution in [-0.2, 0) is 5.66 Å². The van der Waals surface area contributed by atoms with Crippen molar-refractivity contribution in [3.05, 3.63) is 45.8 Å². The standard InChI is InChI=1S/C18H21N5O3/c1-10-7-13(21-14-8-11(2)19-9-20-14)17(26)23-15(10)16(25)22-18(23)5-3-12(24)4-6-18/h7-9,12,24H,3-6H2,1-2H3,(H,22,25)(H,19,20,21). The number of aliphatic hydroxyl groups excluding tert-OH is 1. The highest BCUT2D eigenvalue weighted by atomic mass is 16.3. The van der Waals surface area contributed by atoms with Gasteiger partial charge in [-0.25, -0.2) is 9.97 Å². The van der Waals surface area contributed by atoms with E-state index in [9.17, 15) is 14.7 Å². The zero-order valence-corrected chi connectivity index (χ0v) is 14.7. The second-order valence-corrected chi connectivity index (χ2v) is 7.12. The average Bonchev–Trinajstić information content (AvgIpc) is 2.88. The van der Waals surface area contributed by atoms with E-state index in [1.165, 1.54) is 6.33 Å². The van der Waals surface area contributed by atoms with E-state index in [4.69, 9.17) is 0 Å². The summed E-state index contributed by atoms with van der Waals surface area (Å²) < 4.78 is 1.58. The average molecular weight is 355 g/mol. The summed E-state index contributed by atoms with van der Waals surface area (Å²) in [5.74, 6) is 0.292. The molecule has 1 amide bonds. The minimum Gasteiger partial charge on any atom is -0.393 e. The molecule has 0 radical (unpaired) electrons. The van der Waals surface area contributed by atoms with Crippen molar-refractivity contribution >= 4 is 17.4 Å². The number of pyridine rings is 1. The highest BCUT2D eigenvalue weighted by Crippen LogP contribution is 2.37. The molecule has 1 saturated carbocycles. The lowest BCUT2D eigenvalue weighted by Gasteiger charge is -2.37. The van der Waals surface area contributed by atoms with Crippen LogP contribution in [0.5, 0.6) is 0 Å². The van der Waals surface area contributed by atoms with Gasteiger partial charge in [0, 0.05) is 11.8 Å². The number of carbonyl (C=O) groups is 1. The van der Waals surface area contributed by atoms with Crippen molar-refractivity contribution in [3.8, 4) is 0 Å². The maximum absolute atomic E-state index is 13.2. The zero-order chi connectivity index (χ0) is 18.5. The SMILES string of the molecule is Cc1cc(Nc2cc(C)c3n(c2=O)C2(CCC(O)CC2)NC3=O)ncn1. The molecule has 0 saturated heterocycles. The van der Waals surface area contributed by atoms with Gasteiger partial charge in [0.05, 0.1) is 6.10 Å². The van der Waals surface area contributed by atoms with Gasteiger partial charge in [-0.2, -0.15) is 0 Å². The van der Waals surface area contributed by atoms with Crippen LogP contribution in [0.1, 0.15) is 47.4 Å². The van der Waals surface area contributed by atoms with Crippen molar-refractivity contribution in [3.63, 3.8) is 0 Å². The van der Waals surface area contributed by atoms with Gasteiger partial charge >= 0.3 is 0 Å². The van der Waals surface area contributed by atoms with E-state index >= 15 is 0 Å². The third-order valence-corrected chi connectivity index (χ3v) is 5.23. The molecule has 2 aliphatic rings. The molecule has 2 aromatic rings. The number of fused-ring (bicyclic) bond motifs is 2. The molecule has 2 aromatic heterocycles. The zero-order valence-electron chi connectivity index (χ0n) is 14.7. The Hall–Kier alpha value is -2.74. The quantitative estimate of drug-likeness (QED) is 0.750. The predicted octanol–water partition coefficient (Wildman–Crippen LogP) is 1.33. The van der Waals surface area contributed by atoms with Crippen LogP contribution in [0.15, 0.2) is 23.3 Å². The molecule has 8 nitrogen and oxygen atoms in total. The lowest BCUT2D eigenvalue weighted by atomic mass is 9.87. The Morgan fingerprint density at radius 2 is 1.96 bits per heavy atom. The van der Waals surface area contributed by atoms with Crippen molar-refractivity contribution in [2.75, 3.05) is 5.32 Å². The monoisotopic (exact) mass is 355 g/mol. The molecule has 136 valence electrons. The number of hydrogen-bond acceptors (Lipinski definition) is 6.